The molecule has 3 atom stereocenters. The summed E-state index contributed by atoms with van der Waals surface area (Å²) in [4.78, 5) is 37.6. The number of esters is 1. The van der Waals surface area contributed by atoms with Crippen molar-refractivity contribution in [3.05, 3.63) is 109 Å². The summed E-state index contributed by atoms with van der Waals surface area (Å²) in [6.45, 7) is 6.79. The topological polar surface area (TPSA) is 111 Å². The highest BCUT2D eigenvalue weighted by Gasteiger charge is 2.30. The SMILES string of the molecule is CC/C=C\C/C=C\C/C=C\C/C=C\C/C=C\CCCC(=O)OC(/C=C/CCCCCCCCCCC)C(COP(=O)(O)OCC[N+](C)(C)C)NC(=O)CCCCCCCC/C=C\C/C=C\C/C=C\CCCCC. The minimum Gasteiger partial charge on any atom is -0.456 e. The van der Waals surface area contributed by atoms with Gasteiger partial charge in [-0.2, -0.15) is 0 Å². The number of allylic oxidation sites excluding steroid dienone is 17. The molecule has 0 fully saturated rings. The second-order valence-corrected chi connectivity index (χ2v) is 21.9. The van der Waals surface area contributed by atoms with Crippen molar-refractivity contribution in [1.82, 2.24) is 5.32 Å². The first kappa shape index (κ1) is 69.7. The van der Waals surface area contributed by atoms with Gasteiger partial charge >= 0.3 is 13.8 Å². The molecule has 0 aromatic rings. The standard InChI is InChI=1S/C63H109N2O7P/c1-7-10-13-16-19-22-25-27-29-31-32-34-35-37-40-43-46-49-52-55-62(66)64-60(59-71-73(68,69)70-58-57-65(4,5)6)61(54-51-48-45-42-39-24-21-18-15-12-9-3)72-63(67)56-53-50-47-44-41-38-36-33-30-28-26-23-20-17-14-11-8-2/h11,14,19-20,22-23,27-30,32,34,36,38,44,47,51,54,60-61H,7-10,12-13,15-18,21,24-26,31,33,35,37,39-43,45-46,48-50,52-53,55-59H2,1-6H3,(H-,64,66,68,69)/p+1/b14-11-,22-19-,23-20-,29-27-,30-28-,34-32-,38-36-,47-44-,54-51+. The van der Waals surface area contributed by atoms with Crippen molar-refractivity contribution in [2.24, 2.45) is 0 Å². The summed E-state index contributed by atoms with van der Waals surface area (Å²) in [6.07, 6.45) is 70.9. The number of phosphoric acid groups is 1. The lowest BCUT2D eigenvalue weighted by Gasteiger charge is -2.27. The molecule has 0 aliphatic heterocycles. The molecule has 0 aliphatic rings. The molecule has 0 rings (SSSR count). The lowest BCUT2D eigenvalue weighted by Crippen LogP contribution is -2.47. The number of carbonyl (C=O) groups excluding carboxylic acids is 2. The molecule has 3 unspecified atom stereocenters. The first-order chi connectivity index (χ1) is 35.4. The number of amides is 1. The summed E-state index contributed by atoms with van der Waals surface area (Å²) in [6, 6.07) is -0.884. The van der Waals surface area contributed by atoms with Crippen LogP contribution in [0.25, 0.3) is 0 Å². The number of phosphoric ester groups is 1. The highest BCUT2D eigenvalue weighted by Crippen LogP contribution is 2.43. The molecule has 9 nitrogen and oxygen atoms in total. The van der Waals surface area contributed by atoms with Crippen molar-refractivity contribution >= 4 is 19.7 Å². The Morgan fingerprint density at radius 3 is 1.37 bits per heavy atom. The lowest BCUT2D eigenvalue weighted by molar-refractivity contribution is -0.870. The van der Waals surface area contributed by atoms with Gasteiger partial charge in [0, 0.05) is 12.8 Å². The van der Waals surface area contributed by atoms with E-state index < -0.39 is 20.0 Å². The number of likely N-dealkylation sites (N-methyl/N-ethyl adjacent to an activating group) is 1. The summed E-state index contributed by atoms with van der Waals surface area (Å²) in [5, 5.41) is 3.02. The minimum atomic E-state index is -4.47. The monoisotopic (exact) mass is 1040 g/mol. The van der Waals surface area contributed by atoms with Crippen molar-refractivity contribution in [3.8, 4) is 0 Å². The predicted molar refractivity (Wildman–Crippen MR) is 313 cm³/mol. The van der Waals surface area contributed by atoms with Crippen LogP contribution in [-0.4, -0.2) is 74.3 Å². The van der Waals surface area contributed by atoms with E-state index in [0.717, 1.165) is 116 Å². The third-order valence-electron chi connectivity index (χ3n) is 12.2. The quantitative estimate of drug-likeness (QED) is 0.0205. The van der Waals surface area contributed by atoms with Crippen LogP contribution in [0.15, 0.2) is 109 Å². The first-order valence-electron chi connectivity index (χ1n) is 29.2. The Hall–Kier alpha value is -3.33. The summed E-state index contributed by atoms with van der Waals surface area (Å²) in [5.41, 5.74) is 0. The van der Waals surface area contributed by atoms with Gasteiger partial charge in [0.25, 0.3) is 0 Å². The number of ether oxygens (including phenoxy) is 1. The molecular formula is C63H110N2O7P+. The van der Waals surface area contributed by atoms with Crippen LogP contribution in [0.4, 0.5) is 0 Å². The Kier molecular flexibility index (Phi) is 49.7. The van der Waals surface area contributed by atoms with Crippen molar-refractivity contribution in [1.29, 1.82) is 0 Å². The van der Waals surface area contributed by atoms with Gasteiger partial charge in [0.2, 0.25) is 5.91 Å². The molecule has 0 spiro atoms. The van der Waals surface area contributed by atoms with Gasteiger partial charge in [-0.3, -0.25) is 18.6 Å². The van der Waals surface area contributed by atoms with Crippen LogP contribution in [-0.2, 0) is 27.9 Å². The fourth-order valence-electron chi connectivity index (χ4n) is 7.69. The Morgan fingerprint density at radius 2 is 0.890 bits per heavy atom. The van der Waals surface area contributed by atoms with Crippen molar-refractivity contribution < 1.29 is 37.3 Å². The van der Waals surface area contributed by atoms with E-state index in [0.29, 0.717) is 23.9 Å². The largest absolute Gasteiger partial charge is 0.472 e. The number of rotatable bonds is 51. The van der Waals surface area contributed by atoms with Crippen molar-refractivity contribution in [3.63, 3.8) is 0 Å². The second-order valence-electron chi connectivity index (χ2n) is 20.4. The average Bonchev–Trinajstić information content (AvgIpc) is 3.35. The summed E-state index contributed by atoms with van der Waals surface area (Å²) >= 11 is 0. The molecule has 0 aromatic heterocycles. The Labute approximate surface area is 449 Å². The maximum Gasteiger partial charge on any atom is 0.472 e. The molecule has 1 amide bonds. The van der Waals surface area contributed by atoms with Crippen LogP contribution in [0.1, 0.15) is 226 Å². The van der Waals surface area contributed by atoms with E-state index in [1.54, 1.807) is 0 Å². The number of carbonyl (C=O) groups is 2. The number of hydrogen-bond acceptors (Lipinski definition) is 6. The van der Waals surface area contributed by atoms with E-state index in [2.05, 4.69) is 123 Å². The van der Waals surface area contributed by atoms with Crippen molar-refractivity contribution in [2.75, 3.05) is 40.9 Å². The normalized spacial score (nSPS) is 14.6. The maximum atomic E-state index is 13.5. The van der Waals surface area contributed by atoms with Gasteiger partial charge in [0.05, 0.1) is 33.8 Å². The number of quaternary nitrogens is 1. The Balaban J connectivity index is 5.41. The highest BCUT2D eigenvalue weighted by atomic mass is 31.2. The van der Waals surface area contributed by atoms with Gasteiger partial charge in [-0.1, -0.05) is 214 Å². The smallest absolute Gasteiger partial charge is 0.456 e. The van der Waals surface area contributed by atoms with E-state index in [4.69, 9.17) is 13.8 Å². The van der Waals surface area contributed by atoms with Gasteiger partial charge < -0.3 is 19.4 Å². The molecule has 0 saturated heterocycles. The van der Waals surface area contributed by atoms with Gasteiger partial charge in [0.1, 0.15) is 19.3 Å². The zero-order chi connectivity index (χ0) is 53.6. The van der Waals surface area contributed by atoms with Gasteiger partial charge in [-0.15, -0.1) is 0 Å². The van der Waals surface area contributed by atoms with Crippen LogP contribution in [0.5, 0.6) is 0 Å². The van der Waals surface area contributed by atoms with Gasteiger partial charge in [-0.05, 0) is 109 Å². The third-order valence-corrected chi connectivity index (χ3v) is 13.2. The zero-order valence-electron chi connectivity index (χ0n) is 47.6. The molecular weight excluding hydrogens is 928 g/mol. The lowest BCUT2D eigenvalue weighted by atomic mass is 10.1. The second kappa shape index (κ2) is 52.1. The summed E-state index contributed by atoms with van der Waals surface area (Å²) in [5.74, 6) is -0.597. The first-order valence-corrected chi connectivity index (χ1v) is 30.7. The fourth-order valence-corrected chi connectivity index (χ4v) is 8.42. The van der Waals surface area contributed by atoms with Gasteiger partial charge in [-0.25, -0.2) is 4.57 Å². The average molecular weight is 1040 g/mol. The molecule has 2 N–H and O–H groups in total. The molecule has 0 bridgehead atoms. The van der Waals surface area contributed by atoms with E-state index in [-0.39, 0.29) is 31.5 Å². The van der Waals surface area contributed by atoms with Crippen LogP contribution in [0.2, 0.25) is 0 Å². The van der Waals surface area contributed by atoms with Crippen molar-refractivity contribution in [2.45, 2.75) is 238 Å². The molecule has 73 heavy (non-hydrogen) atoms. The van der Waals surface area contributed by atoms with Crippen LogP contribution < -0.4 is 5.32 Å². The van der Waals surface area contributed by atoms with Crippen LogP contribution in [0, 0.1) is 0 Å². The zero-order valence-corrected chi connectivity index (χ0v) is 48.5. The maximum absolute atomic E-state index is 13.5. The van der Waals surface area contributed by atoms with E-state index in [1.165, 1.54) is 70.6 Å². The number of nitrogens with one attached hydrogen (secondary N) is 1. The van der Waals surface area contributed by atoms with E-state index in [9.17, 15) is 19.0 Å². The number of hydrogen-bond donors (Lipinski definition) is 2. The minimum absolute atomic E-state index is 0.0229. The van der Waals surface area contributed by atoms with E-state index >= 15 is 0 Å². The molecule has 0 radical (unpaired) electrons. The third kappa shape index (κ3) is 53.3. The summed E-state index contributed by atoms with van der Waals surface area (Å²) in [7, 11) is 1.44. The number of unbranched alkanes of at least 4 members (excludes halogenated alkanes) is 19. The summed E-state index contributed by atoms with van der Waals surface area (Å²) < 4.78 is 30.6. The highest BCUT2D eigenvalue weighted by molar-refractivity contribution is 7.47. The molecule has 0 saturated carbocycles. The molecule has 0 heterocycles. The molecule has 0 aromatic carbocycles. The Bertz CT molecular complexity index is 1620. The molecule has 0 aliphatic carbocycles. The predicted octanol–water partition coefficient (Wildman–Crippen LogP) is 17.8. The molecule has 10 heteroatoms. The van der Waals surface area contributed by atoms with E-state index in [1.807, 2.05) is 33.3 Å². The number of nitrogens with zero attached hydrogens (tertiary/aromatic N) is 1. The van der Waals surface area contributed by atoms with Crippen LogP contribution >= 0.6 is 7.82 Å². The fraction of sp³-hybridized carbons (Fsp3) is 0.683. The molecule has 418 valence electrons. The van der Waals surface area contributed by atoms with Crippen LogP contribution in [0.3, 0.4) is 0 Å². The Morgan fingerprint density at radius 1 is 0.493 bits per heavy atom. The van der Waals surface area contributed by atoms with Gasteiger partial charge in [0.15, 0.2) is 0 Å².